The second-order valence-electron chi connectivity index (χ2n) is 8.54. The third kappa shape index (κ3) is 6.61. The van der Waals surface area contributed by atoms with Gasteiger partial charge in [0.1, 0.15) is 4.90 Å². The Labute approximate surface area is 227 Å². The van der Waals surface area contributed by atoms with Gasteiger partial charge in [-0.2, -0.15) is 4.31 Å². The van der Waals surface area contributed by atoms with Gasteiger partial charge in [-0.1, -0.05) is 13.0 Å². The number of hydrogen-bond acceptors (Lipinski definition) is 6. The minimum Gasteiger partial charge on any atom is -0.352 e. The van der Waals surface area contributed by atoms with Crippen LogP contribution in [0.5, 0.6) is 0 Å². The van der Waals surface area contributed by atoms with Crippen LogP contribution in [0.25, 0.3) is 0 Å². The Hall–Kier alpha value is -2.68. The fourth-order valence-corrected chi connectivity index (χ4v) is 5.41. The van der Waals surface area contributed by atoms with Gasteiger partial charge in [0.05, 0.1) is 17.9 Å². The highest BCUT2D eigenvalue weighted by Crippen LogP contribution is 2.33. The molecule has 1 aromatic heterocycles. The molecule has 0 aliphatic heterocycles. The first-order valence-corrected chi connectivity index (χ1v) is 14.1. The van der Waals surface area contributed by atoms with Crippen LogP contribution < -0.4 is 10.8 Å². The number of rotatable bonds is 11. The summed E-state index contributed by atoms with van der Waals surface area (Å²) in [4.78, 5) is 21.2. The molecule has 37 heavy (non-hydrogen) atoms. The fraction of sp³-hybridized carbons (Fsp3) is 0.280. The molecule has 0 radical (unpaired) electrons. The Kier molecular flexibility index (Phi) is 8.72. The maximum absolute atomic E-state index is 15.5. The van der Waals surface area contributed by atoms with Crippen LogP contribution in [0.15, 0.2) is 59.8 Å². The van der Waals surface area contributed by atoms with E-state index in [1.165, 1.54) is 6.20 Å². The molecule has 1 heterocycles. The summed E-state index contributed by atoms with van der Waals surface area (Å²) in [6.07, 6.45) is 4.98. The lowest BCUT2D eigenvalue weighted by atomic mass is 10.1. The van der Waals surface area contributed by atoms with E-state index < -0.39 is 43.7 Å². The van der Waals surface area contributed by atoms with E-state index in [0.29, 0.717) is 17.2 Å². The maximum atomic E-state index is 15.5. The van der Waals surface area contributed by atoms with Gasteiger partial charge >= 0.3 is 0 Å². The second kappa shape index (κ2) is 11.8. The number of anilines is 2. The van der Waals surface area contributed by atoms with E-state index in [1.807, 2.05) is 0 Å². The molecule has 1 aliphatic carbocycles. The smallest absolute Gasteiger partial charge is 0.277 e. The molecular formula is C25H25F2IN4O4S. The first-order chi connectivity index (χ1) is 17.7. The predicted molar refractivity (Wildman–Crippen MR) is 142 cm³/mol. The van der Waals surface area contributed by atoms with Crippen LogP contribution >= 0.6 is 22.6 Å². The summed E-state index contributed by atoms with van der Waals surface area (Å²) in [6, 6.07) is 10.9. The lowest BCUT2D eigenvalue weighted by Crippen LogP contribution is -2.32. The molecule has 196 valence electrons. The quantitative estimate of drug-likeness (QED) is 0.226. The molecular weight excluding hydrogens is 617 g/mol. The van der Waals surface area contributed by atoms with Crippen molar-refractivity contribution in [3.8, 4) is 0 Å². The van der Waals surface area contributed by atoms with Gasteiger partial charge in [0.15, 0.2) is 11.6 Å². The summed E-state index contributed by atoms with van der Waals surface area (Å²) in [6.45, 7) is 1.72. The Bertz CT molecular complexity index is 1370. The highest BCUT2D eigenvalue weighted by atomic mass is 127. The number of halogens is 3. The fourth-order valence-electron chi connectivity index (χ4n) is 3.53. The average molecular weight is 642 g/mol. The van der Waals surface area contributed by atoms with Gasteiger partial charge < -0.3 is 5.32 Å². The summed E-state index contributed by atoms with van der Waals surface area (Å²) in [5.41, 5.74) is 2.27. The number of sulfonamides is 1. The van der Waals surface area contributed by atoms with E-state index in [0.717, 1.165) is 26.8 Å². The van der Waals surface area contributed by atoms with Crippen LogP contribution in [0.2, 0.25) is 0 Å². The number of carbonyl (C=O) groups excluding carboxylic acids is 1. The van der Waals surface area contributed by atoms with Crippen LogP contribution in [0, 0.1) is 21.1 Å². The van der Waals surface area contributed by atoms with E-state index in [1.54, 1.807) is 49.5 Å². The Morgan fingerprint density at radius 3 is 2.54 bits per heavy atom. The third-order valence-corrected chi connectivity index (χ3v) is 8.40. The second-order valence-corrected chi connectivity index (χ2v) is 11.7. The van der Waals surface area contributed by atoms with Crippen LogP contribution in [0.1, 0.15) is 35.7 Å². The van der Waals surface area contributed by atoms with Crippen LogP contribution in [-0.4, -0.2) is 36.8 Å². The van der Waals surface area contributed by atoms with Crippen molar-refractivity contribution in [2.24, 2.45) is 5.92 Å². The zero-order valence-corrected chi connectivity index (χ0v) is 22.9. The van der Waals surface area contributed by atoms with Crippen molar-refractivity contribution in [3.63, 3.8) is 0 Å². The molecule has 0 unspecified atom stereocenters. The summed E-state index contributed by atoms with van der Waals surface area (Å²) >= 11 is 2.09. The first kappa shape index (κ1) is 27.4. The molecule has 0 saturated heterocycles. The molecule has 8 nitrogen and oxygen atoms in total. The highest BCUT2D eigenvalue weighted by molar-refractivity contribution is 14.1. The monoisotopic (exact) mass is 642 g/mol. The molecule has 1 fully saturated rings. The number of hydrogen-bond donors (Lipinski definition) is 2. The highest BCUT2D eigenvalue weighted by Gasteiger charge is 2.33. The van der Waals surface area contributed by atoms with Crippen LogP contribution in [0.4, 0.5) is 20.2 Å². The standard InChI is InChI=1S/C25H25F2IN4O4S/c1-2-32(14-17-4-3-11-29-13-17)37(34,35)21-12-20(25(33)31-36-15-16-5-6-16)24(23(27)22(21)26)30-19-9-7-18(28)8-10-19/h3-4,7-13,16,30H,2,5-6,14-15H2,1H3,(H,31,33). The van der Waals surface area contributed by atoms with E-state index in [4.69, 9.17) is 4.84 Å². The number of nitrogens with one attached hydrogen (secondary N) is 2. The van der Waals surface area contributed by atoms with Gasteiger partial charge in [-0.25, -0.2) is 22.7 Å². The number of hydroxylamine groups is 1. The number of amides is 1. The molecule has 1 aliphatic rings. The number of pyridine rings is 1. The summed E-state index contributed by atoms with van der Waals surface area (Å²) < 4.78 is 59.6. The molecule has 12 heteroatoms. The summed E-state index contributed by atoms with van der Waals surface area (Å²) in [5, 5.41) is 2.71. The molecule has 0 bridgehead atoms. The van der Waals surface area contributed by atoms with E-state index >= 15 is 8.78 Å². The van der Waals surface area contributed by atoms with E-state index in [-0.39, 0.29) is 19.7 Å². The van der Waals surface area contributed by atoms with Crippen molar-refractivity contribution in [2.75, 3.05) is 18.5 Å². The molecule has 2 N–H and O–H groups in total. The van der Waals surface area contributed by atoms with Crippen molar-refractivity contribution in [2.45, 2.75) is 31.2 Å². The van der Waals surface area contributed by atoms with Crippen molar-refractivity contribution in [3.05, 3.63) is 81.2 Å². The van der Waals surface area contributed by atoms with Gasteiger partial charge in [0.25, 0.3) is 5.91 Å². The lowest BCUT2D eigenvalue weighted by Gasteiger charge is -2.22. The molecule has 4 rings (SSSR count). The Balaban J connectivity index is 1.74. The topological polar surface area (TPSA) is 101 Å². The minimum absolute atomic E-state index is 0.0209. The molecule has 2 aromatic carbocycles. The third-order valence-electron chi connectivity index (χ3n) is 5.76. The van der Waals surface area contributed by atoms with Gasteiger partial charge in [-0.3, -0.25) is 14.6 Å². The maximum Gasteiger partial charge on any atom is 0.277 e. The number of carbonyl (C=O) groups is 1. The average Bonchev–Trinajstić information content (AvgIpc) is 3.71. The van der Waals surface area contributed by atoms with Gasteiger partial charge in [-0.05, 0) is 83.3 Å². The largest absolute Gasteiger partial charge is 0.352 e. The lowest BCUT2D eigenvalue weighted by molar-refractivity contribution is 0.0270. The SMILES string of the molecule is CCN(Cc1cccnc1)S(=O)(=O)c1cc(C(=O)NOCC2CC2)c(Nc2ccc(I)cc2)c(F)c1F. The normalized spacial score (nSPS) is 13.5. The van der Waals surface area contributed by atoms with Gasteiger partial charge in [0.2, 0.25) is 10.0 Å². The van der Waals surface area contributed by atoms with E-state index in [2.05, 4.69) is 38.4 Å². The van der Waals surface area contributed by atoms with Crippen LogP contribution in [-0.2, 0) is 21.4 Å². The van der Waals surface area contributed by atoms with Crippen molar-refractivity contribution in [1.29, 1.82) is 0 Å². The molecule has 3 aromatic rings. The summed E-state index contributed by atoms with van der Waals surface area (Å²) in [7, 11) is -4.54. The first-order valence-electron chi connectivity index (χ1n) is 11.6. The molecule has 1 saturated carbocycles. The van der Waals surface area contributed by atoms with Gasteiger partial charge in [-0.15, -0.1) is 0 Å². The van der Waals surface area contributed by atoms with Crippen molar-refractivity contribution < 1.29 is 26.8 Å². The zero-order valence-electron chi connectivity index (χ0n) is 19.9. The van der Waals surface area contributed by atoms with Crippen molar-refractivity contribution >= 4 is 49.9 Å². The molecule has 1 amide bonds. The number of aromatic nitrogens is 1. The Morgan fingerprint density at radius 1 is 1.19 bits per heavy atom. The Morgan fingerprint density at radius 2 is 1.92 bits per heavy atom. The predicted octanol–water partition coefficient (Wildman–Crippen LogP) is 4.99. The molecule has 0 spiro atoms. The summed E-state index contributed by atoms with van der Waals surface area (Å²) in [5.74, 6) is -3.66. The number of benzene rings is 2. The van der Waals surface area contributed by atoms with Crippen LogP contribution in [0.3, 0.4) is 0 Å². The van der Waals surface area contributed by atoms with E-state index in [9.17, 15) is 13.2 Å². The number of nitrogens with zero attached hydrogens (tertiary/aromatic N) is 2. The minimum atomic E-state index is -4.54. The molecule has 0 atom stereocenters. The van der Waals surface area contributed by atoms with Crippen molar-refractivity contribution in [1.82, 2.24) is 14.8 Å². The zero-order chi connectivity index (χ0) is 26.6. The van der Waals surface area contributed by atoms with Gasteiger partial charge in [0, 0.05) is 34.7 Å².